The van der Waals surface area contributed by atoms with Gasteiger partial charge in [-0.1, -0.05) is 11.3 Å². The predicted octanol–water partition coefficient (Wildman–Crippen LogP) is 1.34. The van der Waals surface area contributed by atoms with E-state index in [2.05, 4.69) is 28.9 Å². The summed E-state index contributed by atoms with van der Waals surface area (Å²) in [4.78, 5) is 9.90. The summed E-state index contributed by atoms with van der Waals surface area (Å²) in [5.41, 5.74) is 0. The molecule has 0 bridgehead atoms. The average molecular weight is 241 g/mol. The van der Waals surface area contributed by atoms with Crippen molar-refractivity contribution in [3.63, 3.8) is 0 Å². The number of nitrogens with zero attached hydrogens (tertiary/aromatic N) is 3. The Morgan fingerprint density at radius 1 is 1.62 bits per heavy atom. The standard InChI is InChI=1S/C11H19N3OS/c1-8(15)10-6-12-11(16-10)14-5-4-9(7-14)13(2)3/h6,8-9,15H,4-5,7H2,1-3H3. The number of hydrogen-bond acceptors (Lipinski definition) is 5. The van der Waals surface area contributed by atoms with Gasteiger partial charge in [0.1, 0.15) is 0 Å². The molecule has 1 fully saturated rings. The van der Waals surface area contributed by atoms with E-state index in [0.29, 0.717) is 6.04 Å². The lowest BCUT2D eigenvalue weighted by molar-refractivity contribution is 0.203. The predicted molar refractivity (Wildman–Crippen MR) is 67.1 cm³/mol. The molecule has 16 heavy (non-hydrogen) atoms. The number of anilines is 1. The van der Waals surface area contributed by atoms with E-state index >= 15 is 0 Å². The van der Waals surface area contributed by atoms with E-state index in [1.54, 1.807) is 24.5 Å². The molecule has 0 aromatic carbocycles. The minimum Gasteiger partial charge on any atom is -0.388 e. The van der Waals surface area contributed by atoms with Crippen LogP contribution in [0.15, 0.2) is 6.20 Å². The van der Waals surface area contributed by atoms with Crippen LogP contribution in [0.25, 0.3) is 0 Å². The van der Waals surface area contributed by atoms with E-state index in [1.807, 2.05) is 0 Å². The summed E-state index contributed by atoms with van der Waals surface area (Å²) in [6.07, 6.45) is 2.57. The Hall–Kier alpha value is -0.650. The number of likely N-dealkylation sites (N-methyl/N-ethyl adjacent to an activating group) is 1. The maximum absolute atomic E-state index is 9.46. The first-order valence-corrected chi connectivity index (χ1v) is 6.44. The summed E-state index contributed by atoms with van der Waals surface area (Å²) in [5, 5.41) is 10.5. The fourth-order valence-corrected chi connectivity index (χ4v) is 2.84. The highest BCUT2D eigenvalue weighted by atomic mass is 32.1. The van der Waals surface area contributed by atoms with Gasteiger partial charge in [0.2, 0.25) is 0 Å². The van der Waals surface area contributed by atoms with Gasteiger partial charge >= 0.3 is 0 Å². The van der Waals surface area contributed by atoms with Gasteiger partial charge in [0.25, 0.3) is 0 Å². The molecule has 1 aliphatic rings. The molecule has 90 valence electrons. The minimum atomic E-state index is -0.404. The number of aromatic nitrogens is 1. The fourth-order valence-electron chi connectivity index (χ4n) is 1.95. The Morgan fingerprint density at radius 3 is 2.88 bits per heavy atom. The summed E-state index contributed by atoms with van der Waals surface area (Å²) in [7, 11) is 4.24. The molecule has 5 heteroatoms. The number of thiazole rings is 1. The molecule has 2 rings (SSSR count). The van der Waals surface area contributed by atoms with Crippen molar-refractivity contribution in [2.75, 3.05) is 32.1 Å². The highest BCUT2D eigenvalue weighted by Gasteiger charge is 2.26. The molecule has 1 saturated heterocycles. The smallest absolute Gasteiger partial charge is 0.185 e. The van der Waals surface area contributed by atoms with Crippen molar-refractivity contribution in [3.05, 3.63) is 11.1 Å². The Bertz CT molecular complexity index is 351. The molecule has 0 saturated carbocycles. The second kappa shape index (κ2) is 4.69. The molecule has 4 nitrogen and oxygen atoms in total. The third-order valence-electron chi connectivity index (χ3n) is 3.09. The van der Waals surface area contributed by atoms with E-state index in [1.165, 1.54) is 6.42 Å². The van der Waals surface area contributed by atoms with Gasteiger partial charge in [0.05, 0.1) is 11.0 Å². The number of hydrogen-bond donors (Lipinski definition) is 1. The van der Waals surface area contributed by atoms with Crippen LogP contribution in [0.1, 0.15) is 24.3 Å². The second-order valence-corrected chi connectivity index (χ2v) is 5.61. The van der Waals surface area contributed by atoms with Gasteiger partial charge in [-0.15, -0.1) is 0 Å². The highest BCUT2D eigenvalue weighted by molar-refractivity contribution is 7.15. The van der Waals surface area contributed by atoms with Gasteiger partial charge in [-0.3, -0.25) is 0 Å². The van der Waals surface area contributed by atoms with Gasteiger partial charge in [0, 0.05) is 25.3 Å². The van der Waals surface area contributed by atoms with E-state index in [-0.39, 0.29) is 0 Å². The molecule has 0 amide bonds. The molecule has 1 N–H and O–H groups in total. The fraction of sp³-hybridized carbons (Fsp3) is 0.727. The SMILES string of the molecule is CC(O)c1cnc(N2CCC(N(C)C)C2)s1. The Labute approximate surface area is 101 Å². The van der Waals surface area contributed by atoms with Crippen molar-refractivity contribution in [1.82, 2.24) is 9.88 Å². The van der Waals surface area contributed by atoms with Crippen molar-refractivity contribution in [2.45, 2.75) is 25.5 Å². The maximum atomic E-state index is 9.46. The summed E-state index contributed by atoms with van der Waals surface area (Å²) in [6.45, 7) is 3.89. The summed E-state index contributed by atoms with van der Waals surface area (Å²) >= 11 is 1.60. The van der Waals surface area contributed by atoms with Crippen LogP contribution in [0.2, 0.25) is 0 Å². The van der Waals surface area contributed by atoms with E-state index in [0.717, 1.165) is 23.1 Å². The van der Waals surface area contributed by atoms with E-state index in [4.69, 9.17) is 0 Å². The van der Waals surface area contributed by atoms with Crippen molar-refractivity contribution in [3.8, 4) is 0 Å². The molecular formula is C11H19N3OS. The van der Waals surface area contributed by atoms with Crippen LogP contribution in [0, 0.1) is 0 Å². The molecule has 2 heterocycles. The van der Waals surface area contributed by atoms with Crippen LogP contribution in [-0.4, -0.2) is 48.2 Å². The van der Waals surface area contributed by atoms with Crippen molar-refractivity contribution >= 4 is 16.5 Å². The Balaban J connectivity index is 2.03. The van der Waals surface area contributed by atoms with E-state index < -0.39 is 6.10 Å². The van der Waals surface area contributed by atoms with Crippen molar-refractivity contribution < 1.29 is 5.11 Å². The van der Waals surface area contributed by atoms with Crippen molar-refractivity contribution in [1.29, 1.82) is 0 Å². The zero-order chi connectivity index (χ0) is 11.7. The van der Waals surface area contributed by atoms with Crippen molar-refractivity contribution in [2.24, 2.45) is 0 Å². The quantitative estimate of drug-likeness (QED) is 0.867. The van der Waals surface area contributed by atoms with Gasteiger partial charge in [-0.05, 0) is 27.4 Å². The van der Waals surface area contributed by atoms with Crippen LogP contribution < -0.4 is 4.90 Å². The molecule has 1 aromatic rings. The topological polar surface area (TPSA) is 39.6 Å². The first kappa shape index (κ1) is 11.8. The second-order valence-electron chi connectivity index (χ2n) is 4.57. The van der Waals surface area contributed by atoms with Crippen LogP contribution >= 0.6 is 11.3 Å². The molecule has 1 aliphatic heterocycles. The molecular weight excluding hydrogens is 222 g/mol. The number of rotatable bonds is 3. The highest BCUT2D eigenvalue weighted by Crippen LogP contribution is 2.29. The summed E-state index contributed by atoms with van der Waals surface area (Å²) < 4.78 is 0. The molecule has 2 atom stereocenters. The third-order valence-corrected chi connectivity index (χ3v) is 4.32. The zero-order valence-electron chi connectivity index (χ0n) is 10.1. The van der Waals surface area contributed by atoms with Crippen LogP contribution in [-0.2, 0) is 0 Å². The molecule has 0 aliphatic carbocycles. The summed E-state index contributed by atoms with van der Waals surface area (Å²) in [6, 6.07) is 0.624. The summed E-state index contributed by atoms with van der Waals surface area (Å²) in [5.74, 6) is 0. The molecule has 1 aromatic heterocycles. The van der Waals surface area contributed by atoms with Gasteiger partial charge in [-0.25, -0.2) is 4.98 Å². The lowest BCUT2D eigenvalue weighted by Gasteiger charge is -2.19. The van der Waals surface area contributed by atoms with E-state index in [9.17, 15) is 5.11 Å². The monoisotopic (exact) mass is 241 g/mol. The van der Waals surface area contributed by atoms with Crippen LogP contribution in [0.3, 0.4) is 0 Å². The average Bonchev–Trinajstić information content (AvgIpc) is 2.86. The number of aliphatic hydroxyl groups excluding tert-OH is 1. The first-order chi connectivity index (χ1) is 7.58. The number of aliphatic hydroxyl groups is 1. The minimum absolute atomic E-state index is 0.404. The van der Waals surface area contributed by atoms with Crippen LogP contribution in [0.4, 0.5) is 5.13 Å². The Kier molecular flexibility index (Phi) is 3.47. The first-order valence-electron chi connectivity index (χ1n) is 5.63. The van der Waals surface area contributed by atoms with Crippen LogP contribution in [0.5, 0.6) is 0 Å². The molecule has 0 radical (unpaired) electrons. The van der Waals surface area contributed by atoms with Gasteiger partial charge in [-0.2, -0.15) is 0 Å². The largest absolute Gasteiger partial charge is 0.388 e. The molecule has 0 spiro atoms. The molecule has 2 unspecified atom stereocenters. The lowest BCUT2D eigenvalue weighted by atomic mass is 10.2. The third kappa shape index (κ3) is 2.36. The van der Waals surface area contributed by atoms with Gasteiger partial charge < -0.3 is 14.9 Å². The Morgan fingerprint density at radius 2 is 2.38 bits per heavy atom. The van der Waals surface area contributed by atoms with Gasteiger partial charge in [0.15, 0.2) is 5.13 Å². The zero-order valence-corrected chi connectivity index (χ0v) is 10.9. The lowest BCUT2D eigenvalue weighted by Crippen LogP contribution is -2.31. The normalized spacial score (nSPS) is 23.1. The maximum Gasteiger partial charge on any atom is 0.185 e.